The van der Waals surface area contributed by atoms with E-state index in [0.29, 0.717) is 11.1 Å². The molecule has 0 saturated heterocycles. The zero-order valence-electron chi connectivity index (χ0n) is 16.2. The van der Waals surface area contributed by atoms with Gasteiger partial charge in [0.25, 0.3) is 11.8 Å². The van der Waals surface area contributed by atoms with Crippen LogP contribution in [0, 0.1) is 7.14 Å². The summed E-state index contributed by atoms with van der Waals surface area (Å²) in [6.07, 6.45) is 0. The van der Waals surface area contributed by atoms with E-state index in [9.17, 15) is 29.4 Å². The number of halogens is 2. The predicted molar refractivity (Wildman–Crippen MR) is 113 cm³/mol. The molecule has 0 heterocycles. The number of carbonyl (C=O) groups excluding carboxylic acids is 4. The number of benzene rings is 2. The molecule has 0 aliphatic rings. The topological polar surface area (TPSA) is 138 Å². The molecule has 0 radical (unpaired) electrons. The van der Waals surface area contributed by atoms with Gasteiger partial charge in [0.1, 0.15) is 0 Å². The van der Waals surface area contributed by atoms with E-state index in [1.165, 1.54) is 0 Å². The van der Waals surface area contributed by atoms with Crippen molar-refractivity contribution in [2.75, 3.05) is 13.1 Å². The monoisotopic (exact) mass is 654 g/mol. The molecule has 0 atom stereocenters. The van der Waals surface area contributed by atoms with Crippen molar-refractivity contribution in [2.45, 2.75) is 0 Å². The van der Waals surface area contributed by atoms with Gasteiger partial charge in [-0.2, -0.15) is 0 Å². The van der Waals surface area contributed by atoms with E-state index in [-0.39, 0.29) is 59.1 Å². The van der Waals surface area contributed by atoms with Crippen molar-refractivity contribution in [3.05, 3.63) is 66.8 Å². The maximum atomic E-state index is 11.4. The van der Waals surface area contributed by atoms with Crippen LogP contribution in [0.15, 0.2) is 48.5 Å². The Bertz CT molecular complexity index is 812. The molecule has 0 bridgehead atoms. The van der Waals surface area contributed by atoms with Crippen LogP contribution in [0.3, 0.4) is 0 Å². The Morgan fingerprint density at radius 2 is 0.967 bits per heavy atom. The van der Waals surface area contributed by atoms with Crippen LogP contribution in [0.25, 0.3) is 0 Å². The molecule has 0 aliphatic carbocycles. The van der Waals surface area contributed by atoms with Crippen LogP contribution in [0.2, 0.25) is 0 Å². The van der Waals surface area contributed by atoms with Gasteiger partial charge >= 0.3 is 59.1 Å². The number of rotatable bonds is 6. The second-order valence-electron chi connectivity index (χ2n) is 5.07. The van der Waals surface area contributed by atoms with E-state index >= 15 is 0 Å². The molecule has 0 spiro atoms. The third kappa shape index (κ3) is 12.6. The van der Waals surface area contributed by atoms with Gasteiger partial charge in [-0.3, -0.25) is 9.59 Å². The van der Waals surface area contributed by atoms with Crippen LogP contribution in [0.4, 0.5) is 0 Å². The Hall–Kier alpha value is -0.220. The van der Waals surface area contributed by atoms with E-state index in [2.05, 4.69) is 10.6 Å². The number of carboxylic acids is 2. The standard InChI is InChI=1S/2C9H8INO3.2Na/c2*10-7-4-2-1-3-6(7)9(14)11-5-8(12)13;;/h2*1-4H,5H2,(H,11,14)(H,12,13);;/q;;2*+1/p-2. The molecule has 0 saturated carbocycles. The van der Waals surface area contributed by atoms with Crippen molar-refractivity contribution in [3.63, 3.8) is 0 Å². The van der Waals surface area contributed by atoms with Gasteiger partial charge in [0.15, 0.2) is 0 Å². The fourth-order valence-corrected chi connectivity index (χ4v) is 3.05. The predicted octanol–water partition coefficient (Wildman–Crippen LogP) is -6.45. The maximum absolute atomic E-state index is 11.4. The Morgan fingerprint density at radius 3 is 1.23 bits per heavy atom. The van der Waals surface area contributed by atoms with Crippen molar-refractivity contribution >= 4 is 68.9 Å². The zero-order valence-corrected chi connectivity index (χ0v) is 24.6. The Morgan fingerprint density at radius 1 is 0.667 bits per heavy atom. The molecular weight excluding hydrogens is 640 g/mol. The Kier molecular flexibility index (Phi) is 18.5. The van der Waals surface area contributed by atoms with Crippen LogP contribution >= 0.6 is 45.2 Å². The fraction of sp³-hybridized carbons (Fsp3) is 0.111. The Labute approximate surface area is 244 Å². The van der Waals surface area contributed by atoms with Crippen molar-refractivity contribution in [2.24, 2.45) is 0 Å². The SMILES string of the molecule is O=C([O-])CNC(=O)c1ccccc1I.O=C([O-])CNC(=O)c1ccccc1I.[Na+].[Na+]. The van der Waals surface area contributed by atoms with E-state index in [0.717, 1.165) is 7.14 Å². The molecule has 0 unspecified atom stereocenters. The molecule has 2 aromatic carbocycles. The number of aliphatic carboxylic acids is 2. The largest absolute Gasteiger partial charge is 1.00 e. The van der Waals surface area contributed by atoms with E-state index in [1.54, 1.807) is 48.5 Å². The number of hydrogen-bond acceptors (Lipinski definition) is 6. The normalized spacial score (nSPS) is 8.87. The molecule has 2 rings (SSSR count). The van der Waals surface area contributed by atoms with Gasteiger partial charge in [-0.1, -0.05) is 24.3 Å². The number of amides is 2. The first-order valence-corrected chi connectivity index (χ1v) is 9.83. The smallest absolute Gasteiger partial charge is 0.548 e. The minimum atomic E-state index is -1.30. The van der Waals surface area contributed by atoms with E-state index < -0.39 is 36.8 Å². The number of carbonyl (C=O) groups is 4. The summed E-state index contributed by atoms with van der Waals surface area (Å²) in [6, 6.07) is 13.8. The van der Waals surface area contributed by atoms with Crippen molar-refractivity contribution in [3.8, 4) is 0 Å². The molecule has 12 heteroatoms. The van der Waals surface area contributed by atoms with Crippen LogP contribution < -0.4 is 80.0 Å². The van der Waals surface area contributed by atoms with Gasteiger partial charge in [-0.15, -0.1) is 0 Å². The Balaban J connectivity index is 0. The van der Waals surface area contributed by atoms with E-state index in [1.807, 2.05) is 45.2 Å². The molecular formula is C18H14I2N2Na2O6. The number of nitrogens with one attached hydrogen (secondary N) is 2. The zero-order chi connectivity index (χ0) is 21.1. The molecule has 148 valence electrons. The van der Waals surface area contributed by atoms with Crippen molar-refractivity contribution in [1.82, 2.24) is 10.6 Å². The summed E-state index contributed by atoms with van der Waals surface area (Å²) < 4.78 is 1.56. The summed E-state index contributed by atoms with van der Waals surface area (Å²) in [5.41, 5.74) is 0.934. The van der Waals surface area contributed by atoms with Crippen molar-refractivity contribution in [1.29, 1.82) is 0 Å². The number of carboxylic acid groups (broad SMARTS) is 2. The molecule has 8 nitrogen and oxygen atoms in total. The maximum Gasteiger partial charge on any atom is 1.00 e. The molecule has 2 amide bonds. The van der Waals surface area contributed by atoms with Gasteiger partial charge in [0.2, 0.25) is 0 Å². The molecule has 0 aliphatic heterocycles. The first-order chi connectivity index (χ1) is 13.2. The summed E-state index contributed by atoms with van der Waals surface area (Å²) in [5, 5.41) is 24.7. The van der Waals surface area contributed by atoms with Crippen molar-refractivity contribution < 1.29 is 88.5 Å². The van der Waals surface area contributed by atoms with Gasteiger partial charge in [0, 0.05) is 7.14 Å². The summed E-state index contributed by atoms with van der Waals surface area (Å²) in [5.74, 6) is -3.41. The third-order valence-electron chi connectivity index (χ3n) is 3.02. The van der Waals surface area contributed by atoms with Gasteiger partial charge in [-0.25, -0.2) is 0 Å². The van der Waals surface area contributed by atoms with Gasteiger partial charge in [-0.05, 0) is 69.4 Å². The summed E-state index contributed by atoms with van der Waals surface area (Å²) in [6.45, 7) is -0.937. The molecule has 30 heavy (non-hydrogen) atoms. The molecule has 2 N–H and O–H groups in total. The van der Waals surface area contributed by atoms with Crippen LogP contribution in [0.1, 0.15) is 20.7 Å². The third-order valence-corrected chi connectivity index (χ3v) is 4.90. The second kappa shape index (κ2) is 17.3. The van der Waals surface area contributed by atoms with Gasteiger partial charge in [0.05, 0.1) is 36.2 Å². The average molecular weight is 654 g/mol. The van der Waals surface area contributed by atoms with Crippen LogP contribution in [-0.2, 0) is 9.59 Å². The minimum absolute atomic E-state index is 0. The molecule has 0 fully saturated rings. The minimum Gasteiger partial charge on any atom is -0.548 e. The summed E-state index contributed by atoms with van der Waals surface area (Å²) >= 11 is 4.02. The first-order valence-electron chi connectivity index (χ1n) is 7.67. The quantitative estimate of drug-likeness (QED) is 0.235. The molecule has 2 aromatic rings. The summed E-state index contributed by atoms with van der Waals surface area (Å²) in [4.78, 5) is 42.9. The average Bonchev–Trinajstić information content (AvgIpc) is 2.65. The van der Waals surface area contributed by atoms with Crippen LogP contribution in [-0.4, -0.2) is 36.8 Å². The molecule has 0 aromatic heterocycles. The first kappa shape index (κ1) is 32.0. The summed E-state index contributed by atoms with van der Waals surface area (Å²) in [7, 11) is 0. The number of hydrogen-bond donors (Lipinski definition) is 2. The van der Waals surface area contributed by atoms with Gasteiger partial charge < -0.3 is 30.4 Å². The van der Waals surface area contributed by atoms with E-state index in [4.69, 9.17) is 0 Å². The van der Waals surface area contributed by atoms with Crippen LogP contribution in [0.5, 0.6) is 0 Å². The fourth-order valence-electron chi connectivity index (χ4n) is 1.79. The second-order valence-corrected chi connectivity index (χ2v) is 7.39.